The molecule has 0 fully saturated rings. The Bertz CT molecular complexity index is 656. The number of aryl methyl sites for hydroxylation is 1. The molecule has 0 aliphatic heterocycles. The highest BCUT2D eigenvalue weighted by atomic mass is 16.5. The minimum Gasteiger partial charge on any atom is -0.480 e. The summed E-state index contributed by atoms with van der Waals surface area (Å²) in [6.45, 7) is 3.52. The average molecular weight is 395 g/mol. The number of aliphatic carboxylic acids is 3. The minimum absolute atomic E-state index is 0.282. The summed E-state index contributed by atoms with van der Waals surface area (Å²) in [5.74, 6) is -3.91. The molecule has 2 atom stereocenters. The van der Waals surface area contributed by atoms with Crippen molar-refractivity contribution in [3.05, 3.63) is 48.0 Å². The lowest BCUT2D eigenvalue weighted by molar-refractivity contribution is -0.147. The molecular formula is C19H25NO8. The van der Waals surface area contributed by atoms with E-state index in [0.29, 0.717) is 25.0 Å². The third-order valence-electron chi connectivity index (χ3n) is 3.33. The van der Waals surface area contributed by atoms with Crippen molar-refractivity contribution in [3.8, 4) is 0 Å². The summed E-state index contributed by atoms with van der Waals surface area (Å²) in [6.07, 6.45) is 2.30. The van der Waals surface area contributed by atoms with Crippen LogP contribution in [0.3, 0.4) is 0 Å². The Morgan fingerprint density at radius 3 is 2.00 bits per heavy atom. The molecule has 0 aromatic heterocycles. The maximum absolute atomic E-state index is 11.8. The minimum atomic E-state index is -1.26. The molecular weight excluding hydrogens is 370 g/mol. The van der Waals surface area contributed by atoms with Crippen molar-refractivity contribution in [1.82, 2.24) is 5.32 Å². The number of carboxylic acids is 3. The van der Waals surface area contributed by atoms with Crippen LogP contribution in [0, 0.1) is 0 Å². The van der Waals surface area contributed by atoms with Gasteiger partial charge >= 0.3 is 23.9 Å². The van der Waals surface area contributed by atoms with Crippen molar-refractivity contribution in [2.75, 3.05) is 6.61 Å². The number of rotatable bonds is 10. The molecule has 0 saturated carbocycles. The molecule has 1 aromatic rings. The summed E-state index contributed by atoms with van der Waals surface area (Å²) < 4.78 is 4.98. The number of esters is 1. The largest absolute Gasteiger partial charge is 0.480 e. The van der Waals surface area contributed by atoms with Crippen LogP contribution < -0.4 is 5.32 Å². The van der Waals surface area contributed by atoms with Gasteiger partial charge in [0.25, 0.3) is 0 Å². The number of ether oxygens (including phenoxy) is 1. The van der Waals surface area contributed by atoms with Crippen LogP contribution in [0.15, 0.2) is 42.5 Å². The molecule has 0 amide bonds. The Kier molecular flexibility index (Phi) is 12.3. The van der Waals surface area contributed by atoms with Crippen LogP contribution in [-0.4, -0.2) is 57.9 Å². The molecule has 0 aliphatic carbocycles. The van der Waals surface area contributed by atoms with Crippen LogP contribution in [0.4, 0.5) is 0 Å². The lowest BCUT2D eigenvalue weighted by Crippen LogP contribution is -2.46. The summed E-state index contributed by atoms with van der Waals surface area (Å²) >= 11 is 0. The molecule has 0 radical (unpaired) electrons. The van der Waals surface area contributed by atoms with Crippen molar-refractivity contribution in [3.63, 3.8) is 0 Å². The Labute approximate surface area is 162 Å². The average Bonchev–Trinajstić information content (AvgIpc) is 2.64. The summed E-state index contributed by atoms with van der Waals surface area (Å²) in [4.78, 5) is 41.8. The van der Waals surface area contributed by atoms with Gasteiger partial charge in [0, 0.05) is 12.2 Å². The molecule has 28 heavy (non-hydrogen) atoms. The lowest BCUT2D eigenvalue weighted by atomic mass is 10.0. The Morgan fingerprint density at radius 2 is 1.57 bits per heavy atom. The van der Waals surface area contributed by atoms with Gasteiger partial charge < -0.3 is 20.1 Å². The number of carbonyl (C=O) groups excluding carboxylic acids is 1. The molecule has 0 heterocycles. The van der Waals surface area contributed by atoms with Gasteiger partial charge in [-0.3, -0.25) is 14.9 Å². The van der Waals surface area contributed by atoms with Crippen LogP contribution in [0.2, 0.25) is 0 Å². The second-order valence-electron chi connectivity index (χ2n) is 5.57. The van der Waals surface area contributed by atoms with E-state index < -0.39 is 36.0 Å². The molecule has 154 valence electrons. The quantitative estimate of drug-likeness (QED) is 0.340. The smallest absolute Gasteiger partial charge is 0.328 e. The van der Waals surface area contributed by atoms with E-state index in [1.165, 1.54) is 6.92 Å². The Morgan fingerprint density at radius 1 is 1.04 bits per heavy atom. The van der Waals surface area contributed by atoms with E-state index in [4.69, 9.17) is 20.1 Å². The topological polar surface area (TPSA) is 150 Å². The summed E-state index contributed by atoms with van der Waals surface area (Å²) in [5, 5.41) is 27.3. The SMILES string of the molecule is CCOC(=O)[C@H](CCc1ccccc1)N[C@@H](C)C(=O)O.O=C(O)C=CC(=O)O. The van der Waals surface area contributed by atoms with Crippen LogP contribution in [0.25, 0.3) is 0 Å². The second kappa shape index (κ2) is 13.9. The van der Waals surface area contributed by atoms with Crippen molar-refractivity contribution in [1.29, 1.82) is 0 Å². The zero-order chi connectivity index (χ0) is 21.5. The normalized spacial score (nSPS) is 12.4. The van der Waals surface area contributed by atoms with E-state index in [2.05, 4.69) is 5.32 Å². The zero-order valence-corrected chi connectivity index (χ0v) is 15.7. The molecule has 1 rings (SSSR count). The van der Waals surface area contributed by atoms with E-state index in [1.54, 1.807) is 6.92 Å². The van der Waals surface area contributed by atoms with Crippen molar-refractivity contribution in [2.24, 2.45) is 0 Å². The van der Waals surface area contributed by atoms with Crippen LogP contribution in [0.5, 0.6) is 0 Å². The van der Waals surface area contributed by atoms with Crippen molar-refractivity contribution < 1.29 is 39.2 Å². The lowest BCUT2D eigenvalue weighted by Gasteiger charge is -2.19. The Hall–Kier alpha value is -3.20. The zero-order valence-electron chi connectivity index (χ0n) is 15.7. The van der Waals surface area contributed by atoms with E-state index >= 15 is 0 Å². The van der Waals surface area contributed by atoms with E-state index in [0.717, 1.165) is 5.56 Å². The number of nitrogens with one attached hydrogen (secondary N) is 1. The highest BCUT2D eigenvalue weighted by molar-refractivity contribution is 5.89. The third-order valence-corrected chi connectivity index (χ3v) is 3.33. The van der Waals surface area contributed by atoms with E-state index in [-0.39, 0.29) is 6.61 Å². The first-order valence-electron chi connectivity index (χ1n) is 8.50. The summed E-state index contributed by atoms with van der Waals surface area (Å²) in [7, 11) is 0. The molecule has 4 N–H and O–H groups in total. The first kappa shape index (κ1) is 24.8. The molecule has 0 unspecified atom stereocenters. The van der Waals surface area contributed by atoms with Gasteiger partial charge in [0.1, 0.15) is 12.1 Å². The molecule has 0 aliphatic rings. The van der Waals surface area contributed by atoms with Gasteiger partial charge in [-0.1, -0.05) is 30.3 Å². The highest BCUT2D eigenvalue weighted by Gasteiger charge is 2.24. The fourth-order valence-electron chi connectivity index (χ4n) is 1.98. The molecule has 0 saturated heterocycles. The number of carbonyl (C=O) groups is 4. The highest BCUT2D eigenvalue weighted by Crippen LogP contribution is 2.07. The van der Waals surface area contributed by atoms with Gasteiger partial charge in [-0.05, 0) is 32.3 Å². The van der Waals surface area contributed by atoms with Crippen LogP contribution >= 0.6 is 0 Å². The van der Waals surface area contributed by atoms with Gasteiger partial charge in [0.2, 0.25) is 0 Å². The predicted molar refractivity (Wildman–Crippen MR) is 99.8 cm³/mol. The maximum atomic E-state index is 11.8. The molecule has 9 heteroatoms. The molecule has 1 aromatic carbocycles. The van der Waals surface area contributed by atoms with Gasteiger partial charge in [-0.15, -0.1) is 0 Å². The maximum Gasteiger partial charge on any atom is 0.328 e. The van der Waals surface area contributed by atoms with E-state index in [9.17, 15) is 19.2 Å². The van der Waals surface area contributed by atoms with E-state index in [1.807, 2.05) is 30.3 Å². The fourth-order valence-corrected chi connectivity index (χ4v) is 1.98. The summed E-state index contributed by atoms with van der Waals surface area (Å²) in [5.41, 5.74) is 1.10. The van der Waals surface area contributed by atoms with Gasteiger partial charge in [-0.2, -0.15) is 0 Å². The van der Waals surface area contributed by atoms with Crippen LogP contribution in [-0.2, 0) is 30.3 Å². The molecule has 0 bridgehead atoms. The standard InChI is InChI=1S/C15H21NO4.C4H4O4/c1-3-20-15(19)13(16-11(2)14(17)18)10-9-12-7-5-4-6-8-12;5-3(6)1-2-4(7)8/h4-8,11,13,16H,3,9-10H2,1-2H3,(H,17,18);1-2H,(H,5,6)(H,7,8)/t11-,13-;/m0./s1. The predicted octanol–water partition coefficient (Wildman–Crippen LogP) is 1.33. The van der Waals surface area contributed by atoms with Crippen LogP contribution in [0.1, 0.15) is 25.8 Å². The number of benzene rings is 1. The molecule has 0 spiro atoms. The number of hydrogen-bond donors (Lipinski definition) is 4. The van der Waals surface area contributed by atoms with Crippen molar-refractivity contribution in [2.45, 2.75) is 38.8 Å². The van der Waals surface area contributed by atoms with Gasteiger partial charge in [-0.25, -0.2) is 9.59 Å². The first-order valence-corrected chi connectivity index (χ1v) is 8.50. The van der Waals surface area contributed by atoms with Crippen molar-refractivity contribution >= 4 is 23.9 Å². The van der Waals surface area contributed by atoms with Gasteiger partial charge in [0.05, 0.1) is 6.61 Å². The first-order chi connectivity index (χ1) is 13.2. The molecule has 9 nitrogen and oxygen atoms in total. The number of carboxylic acid groups (broad SMARTS) is 3. The van der Waals surface area contributed by atoms with Gasteiger partial charge in [0.15, 0.2) is 0 Å². The Balaban J connectivity index is 0.000000769. The number of hydrogen-bond acceptors (Lipinski definition) is 6. The fraction of sp³-hybridized carbons (Fsp3) is 0.368. The summed E-state index contributed by atoms with van der Waals surface area (Å²) in [6, 6.07) is 8.34. The third kappa shape index (κ3) is 12.2. The second-order valence-corrected chi connectivity index (χ2v) is 5.57. The monoisotopic (exact) mass is 395 g/mol.